The van der Waals surface area contributed by atoms with Gasteiger partial charge in [-0.25, -0.2) is 0 Å². The molecule has 19 heavy (non-hydrogen) atoms. The van der Waals surface area contributed by atoms with Crippen molar-refractivity contribution in [2.45, 2.75) is 38.3 Å². The molecule has 1 saturated carbocycles. The predicted molar refractivity (Wildman–Crippen MR) is 79.5 cm³/mol. The smallest absolute Gasteiger partial charge is 0.222 e. The lowest BCUT2D eigenvalue weighted by molar-refractivity contribution is -0.131. The van der Waals surface area contributed by atoms with E-state index in [0.29, 0.717) is 18.9 Å². The zero-order valence-electron chi connectivity index (χ0n) is 11.0. The number of nitrogens with two attached hydrogens (primary N) is 1. The summed E-state index contributed by atoms with van der Waals surface area (Å²) in [5.74, 6) is 0.536. The molecule has 0 aliphatic heterocycles. The van der Waals surface area contributed by atoms with Crippen LogP contribution in [-0.4, -0.2) is 34.1 Å². The van der Waals surface area contributed by atoms with Crippen molar-refractivity contribution in [3.8, 4) is 0 Å². The number of amides is 1. The molecule has 1 heterocycles. The summed E-state index contributed by atoms with van der Waals surface area (Å²) >= 11 is 0. The van der Waals surface area contributed by atoms with Crippen molar-refractivity contribution >= 4 is 30.7 Å². The molecule has 0 saturated heterocycles. The van der Waals surface area contributed by atoms with Gasteiger partial charge in [0.25, 0.3) is 0 Å². The van der Waals surface area contributed by atoms with Crippen LogP contribution in [0, 0.1) is 5.92 Å². The van der Waals surface area contributed by atoms with Crippen molar-refractivity contribution in [3.05, 3.63) is 18.0 Å². The van der Waals surface area contributed by atoms with Crippen molar-refractivity contribution in [2.75, 3.05) is 7.05 Å². The van der Waals surface area contributed by atoms with Gasteiger partial charge in [0, 0.05) is 25.7 Å². The average Bonchev–Trinajstić information content (AvgIpc) is 2.91. The summed E-state index contributed by atoms with van der Waals surface area (Å²) in [6, 6.07) is 2.09. The van der Waals surface area contributed by atoms with Crippen LogP contribution in [0.2, 0.25) is 0 Å². The Bertz CT molecular complexity index is 372. The molecule has 0 aromatic carbocycles. The lowest BCUT2D eigenvalue weighted by atomic mass is 9.99. The van der Waals surface area contributed by atoms with E-state index in [9.17, 15) is 4.79 Å². The Hall–Kier alpha value is -0.780. The Morgan fingerprint density at radius 1 is 1.53 bits per heavy atom. The van der Waals surface area contributed by atoms with Crippen LogP contribution in [0.25, 0.3) is 0 Å². The highest BCUT2D eigenvalue weighted by molar-refractivity contribution is 5.85. The molecule has 0 radical (unpaired) electrons. The van der Waals surface area contributed by atoms with E-state index in [4.69, 9.17) is 5.73 Å². The van der Waals surface area contributed by atoms with Crippen molar-refractivity contribution in [1.29, 1.82) is 0 Å². The molecule has 1 aromatic heterocycles. The van der Waals surface area contributed by atoms with E-state index in [1.165, 1.54) is 0 Å². The largest absolute Gasteiger partial charge is 0.340 e. The van der Waals surface area contributed by atoms with E-state index < -0.39 is 0 Å². The van der Waals surface area contributed by atoms with Gasteiger partial charge in [-0.3, -0.25) is 9.89 Å². The van der Waals surface area contributed by atoms with Crippen LogP contribution in [0.1, 0.15) is 31.4 Å². The predicted octanol–water partition coefficient (Wildman–Crippen LogP) is 1.73. The van der Waals surface area contributed by atoms with Gasteiger partial charge in [-0.05, 0) is 24.8 Å². The summed E-state index contributed by atoms with van der Waals surface area (Å²) < 4.78 is 0. The molecule has 1 aromatic rings. The minimum atomic E-state index is 0. The maximum absolute atomic E-state index is 12.0. The lowest BCUT2D eigenvalue weighted by Crippen LogP contribution is -2.32. The summed E-state index contributed by atoms with van der Waals surface area (Å²) in [5.41, 5.74) is 6.93. The first-order valence-electron chi connectivity index (χ1n) is 6.14. The van der Waals surface area contributed by atoms with E-state index in [2.05, 4.69) is 10.2 Å². The molecule has 2 atom stereocenters. The molecule has 7 heteroatoms. The number of rotatable bonds is 4. The number of halogens is 2. The molecular weight excluding hydrogens is 287 g/mol. The normalized spacial score (nSPS) is 21.4. The summed E-state index contributed by atoms with van der Waals surface area (Å²) in [6.07, 6.45) is 5.57. The van der Waals surface area contributed by atoms with Gasteiger partial charge in [0.15, 0.2) is 0 Å². The number of carbonyl (C=O) groups is 1. The summed E-state index contributed by atoms with van der Waals surface area (Å²) in [4.78, 5) is 13.7. The fraction of sp³-hybridized carbons (Fsp3) is 0.667. The second-order valence-corrected chi connectivity index (χ2v) is 4.89. The van der Waals surface area contributed by atoms with Crippen molar-refractivity contribution in [1.82, 2.24) is 15.1 Å². The zero-order chi connectivity index (χ0) is 12.3. The Balaban J connectivity index is 0.00000162. The Morgan fingerprint density at radius 3 is 2.79 bits per heavy atom. The van der Waals surface area contributed by atoms with Crippen LogP contribution >= 0.6 is 24.8 Å². The molecule has 0 unspecified atom stereocenters. The molecule has 3 N–H and O–H groups in total. The number of H-pyrrole nitrogens is 1. The third kappa shape index (κ3) is 5.01. The highest BCUT2D eigenvalue weighted by atomic mass is 35.5. The highest BCUT2D eigenvalue weighted by Crippen LogP contribution is 2.27. The second-order valence-electron chi connectivity index (χ2n) is 4.89. The van der Waals surface area contributed by atoms with Gasteiger partial charge in [0.05, 0.1) is 12.2 Å². The van der Waals surface area contributed by atoms with Crippen LogP contribution in [0.3, 0.4) is 0 Å². The lowest BCUT2D eigenvalue weighted by Gasteiger charge is -2.20. The Labute approximate surface area is 126 Å². The minimum absolute atomic E-state index is 0. The third-order valence-corrected chi connectivity index (χ3v) is 3.55. The molecule has 2 rings (SSSR count). The van der Waals surface area contributed by atoms with E-state index in [1.54, 1.807) is 11.1 Å². The highest BCUT2D eigenvalue weighted by Gasteiger charge is 2.27. The van der Waals surface area contributed by atoms with Crippen molar-refractivity contribution in [2.24, 2.45) is 11.7 Å². The van der Waals surface area contributed by atoms with Gasteiger partial charge in [0.1, 0.15) is 0 Å². The number of nitrogens with zero attached hydrogens (tertiary/aromatic N) is 2. The first kappa shape index (κ1) is 18.2. The number of aromatic amines is 1. The van der Waals surface area contributed by atoms with Crippen LogP contribution in [0.5, 0.6) is 0 Å². The number of carbonyl (C=O) groups excluding carboxylic acids is 1. The fourth-order valence-corrected chi connectivity index (χ4v) is 2.42. The van der Waals surface area contributed by atoms with Crippen molar-refractivity contribution < 1.29 is 4.79 Å². The van der Waals surface area contributed by atoms with E-state index in [1.807, 2.05) is 13.1 Å². The molecule has 1 amide bonds. The molecule has 0 bridgehead atoms. The molecule has 1 aliphatic rings. The summed E-state index contributed by atoms with van der Waals surface area (Å²) in [7, 11) is 1.82. The van der Waals surface area contributed by atoms with Crippen LogP contribution in [-0.2, 0) is 11.3 Å². The molecule has 110 valence electrons. The Morgan fingerprint density at radius 2 is 2.26 bits per heavy atom. The maximum Gasteiger partial charge on any atom is 0.222 e. The number of hydrogen-bond donors (Lipinski definition) is 2. The maximum atomic E-state index is 12.0. The van der Waals surface area contributed by atoms with Crippen LogP contribution < -0.4 is 5.73 Å². The zero-order valence-corrected chi connectivity index (χ0v) is 12.7. The second kappa shape index (κ2) is 8.40. The van der Waals surface area contributed by atoms with Gasteiger partial charge in [-0.2, -0.15) is 5.10 Å². The van der Waals surface area contributed by atoms with Crippen LogP contribution in [0.4, 0.5) is 0 Å². The number of aromatic nitrogens is 2. The summed E-state index contributed by atoms with van der Waals surface area (Å²) in [5, 5.41) is 6.72. The Kier molecular flexibility index (Phi) is 8.06. The molecule has 1 aliphatic carbocycles. The van der Waals surface area contributed by atoms with Crippen LogP contribution in [0.15, 0.2) is 12.3 Å². The first-order chi connectivity index (χ1) is 8.16. The fourth-order valence-electron chi connectivity index (χ4n) is 2.42. The quantitative estimate of drug-likeness (QED) is 0.889. The SMILES string of the molecule is CN(Cc1ccn[nH]1)C(=O)C[C@@H]1CCC[C@H]1N.Cl.Cl. The van der Waals surface area contributed by atoms with Crippen molar-refractivity contribution in [3.63, 3.8) is 0 Å². The van der Waals surface area contributed by atoms with E-state index >= 15 is 0 Å². The van der Waals surface area contributed by atoms with Gasteiger partial charge in [-0.1, -0.05) is 6.42 Å². The molecule has 1 fully saturated rings. The number of nitrogens with one attached hydrogen (secondary N) is 1. The van der Waals surface area contributed by atoms with E-state index in [-0.39, 0.29) is 36.8 Å². The van der Waals surface area contributed by atoms with E-state index in [0.717, 1.165) is 25.0 Å². The third-order valence-electron chi connectivity index (χ3n) is 3.55. The monoisotopic (exact) mass is 308 g/mol. The van der Waals surface area contributed by atoms with Gasteiger partial charge >= 0.3 is 0 Å². The van der Waals surface area contributed by atoms with Gasteiger partial charge in [0.2, 0.25) is 5.91 Å². The molecule has 5 nitrogen and oxygen atoms in total. The first-order valence-corrected chi connectivity index (χ1v) is 6.14. The minimum Gasteiger partial charge on any atom is -0.340 e. The average molecular weight is 309 g/mol. The number of hydrogen-bond acceptors (Lipinski definition) is 3. The molecular formula is C12H22Cl2N4O. The summed E-state index contributed by atoms with van der Waals surface area (Å²) in [6.45, 7) is 0.584. The van der Waals surface area contributed by atoms with Gasteiger partial charge in [-0.15, -0.1) is 24.8 Å². The standard InChI is InChI=1S/C12H20N4O.2ClH/c1-16(8-10-5-6-14-15-10)12(17)7-9-3-2-4-11(9)13;;/h5-6,9,11H,2-4,7-8,13H2,1H3,(H,14,15);2*1H/t9-,11+;;/m0../s1. The molecule has 0 spiro atoms. The topological polar surface area (TPSA) is 75.0 Å². The van der Waals surface area contributed by atoms with Gasteiger partial charge < -0.3 is 10.6 Å².